The van der Waals surface area contributed by atoms with Crippen molar-refractivity contribution in [2.75, 3.05) is 0 Å². The highest BCUT2D eigenvalue weighted by Gasteiger charge is 2.12. The first-order valence-electron chi connectivity index (χ1n) is 4.56. The smallest absolute Gasteiger partial charge is 0.177 e. The van der Waals surface area contributed by atoms with Gasteiger partial charge in [-0.15, -0.1) is 0 Å². The van der Waals surface area contributed by atoms with Crippen LogP contribution in [0.4, 0.5) is 4.39 Å². The Labute approximate surface area is 84.5 Å². The van der Waals surface area contributed by atoms with Gasteiger partial charge in [-0.25, -0.2) is 4.39 Å². The summed E-state index contributed by atoms with van der Waals surface area (Å²) in [7, 11) is 0. The van der Waals surface area contributed by atoms with Crippen molar-refractivity contribution in [1.82, 2.24) is 0 Å². The number of halogens is 1. The van der Waals surface area contributed by atoms with E-state index < -0.39 is 5.82 Å². The first-order chi connectivity index (χ1) is 7.27. The Morgan fingerprint density at radius 2 is 1.60 bits per heavy atom. The van der Waals surface area contributed by atoms with Crippen LogP contribution < -0.4 is 0 Å². The molecule has 74 valence electrons. The van der Waals surface area contributed by atoms with E-state index in [0.717, 1.165) is 5.39 Å². The largest absolute Gasteiger partial charge is 0.504 e. The zero-order chi connectivity index (χ0) is 10.4. The van der Waals surface area contributed by atoms with Crippen molar-refractivity contribution in [3.05, 3.63) is 42.2 Å². The number of aromatic hydroxyl groups is 1. The van der Waals surface area contributed by atoms with Gasteiger partial charge < -0.3 is 9.52 Å². The lowest BCUT2D eigenvalue weighted by atomic mass is 10.1. The fourth-order valence-corrected chi connectivity index (χ4v) is 1.77. The molecular formula is C12H7FO2. The van der Waals surface area contributed by atoms with Crippen LogP contribution in [0.1, 0.15) is 0 Å². The zero-order valence-electron chi connectivity index (χ0n) is 7.70. The molecular weight excluding hydrogens is 195 g/mol. The summed E-state index contributed by atoms with van der Waals surface area (Å²) in [5.41, 5.74) is 0.520. The maximum absolute atomic E-state index is 13.4. The lowest BCUT2D eigenvalue weighted by Gasteiger charge is -1.90. The summed E-state index contributed by atoms with van der Waals surface area (Å²) in [5.74, 6) is -0.383. The highest BCUT2D eigenvalue weighted by molar-refractivity contribution is 6.06. The lowest BCUT2D eigenvalue weighted by molar-refractivity contribution is 0.467. The van der Waals surface area contributed by atoms with Crippen LogP contribution in [0.5, 0.6) is 5.75 Å². The molecule has 0 spiro atoms. The summed E-state index contributed by atoms with van der Waals surface area (Å²) in [6.45, 7) is 0. The molecule has 1 aromatic heterocycles. The van der Waals surface area contributed by atoms with E-state index in [1.54, 1.807) is 24.3 Å². The first kappa shape index (κ1) is 8.29. The summed E-state index contributed by atoms with van der Waals surface area (Å²) in [4.78, 5) is 0. The van der Waals surface area contributed by atoms with Crippen molar-refractivity contribution in [1.29, 1.82) is 0 Å². The van der Waals surface area contributed by atoms with E-state index in [2.05, 4.69) is 0 Å². The molecule has 15 heavy (non-hydrogen) atoms. The molecule has 1 N–H and O–H groups in total. The number of benzene rings is 2. The van der Waals surface area contributed by atoms with E-state index in [4.69, 9.17) is 4.42 Å². The van der Waals surface area contributed by atoms with Crippen LogP contribution in [0, 0.1) is 5.82 Å². The molecule has 0 aliphatic carbocycles. The van der Waals surface area contributed by atoms with Gasteiger partial charge in [-0.3, -0.25) is 0 Å². The van der Waals surface area contributed by atoms with Gasteiger partial charge in [0, 0.05) is 10.8 Å². The third kappa shape index (κ3) is 1.03. The second kappa shape index (κ2) is 2.73. The second-order valence-corrected chi connectivity index (χ2v) is 3.37. The van der Waals surface area contributed by atoms with Gasteiger partial charge in [-0.05, 0) is 12.1 Å². The molecule has 0 aliphatic heterocycles. The van der Waals surface area contributed by atoms with E-state index in [1.165, 1.54) is 12.1 Å². The van der Waals surface area contributed by atoms with E-state index >= 15 is 0 Å². The van der Waals surface area contributed by atoms with Crippen LogP contribution in [-0.2, 0) is 0 Å². The third-order valence-corrected chi connectivity index (χ3v) is 2.46. The Bertz CT molecular complexity index is 599. The van der Waals surface area contributed by atoms with Gasteiger partial charge in [0.1, 0.15) is 0 Å². The number of fused-ring (bicyclic) bond motifs is 3. The Balaban J connectivity index is 2.63. The van der Waals surface area contributed by atoms with Gasteiger partial charge in [0.05, 0.1) is 0 Å². The van der Waals surface area contributed by atoms with Crippen LogP contribution in [0.2, 0.25) is 0 Å². The molecule has 0 unspecified atom stereocenters. The number of hydrogen-bond donors (Lipinski definition) is 1. The first-order valence-corrected chi connectivity index (χ1v) is 4.56. The zero-order valence-corrected chi connectivity index (χ0v) is 7.70. The second-order valence-electron chi connectivity index (χ2n) is 3.37. The SMILES string of the molecule is Oc1cccc2c1oc1c(F)cccc12. The van der Waals surface area contributed by atoms with Crippen LogP contribution in [0.25, 0.3) is 21.9 Å². The van der Waals surface area contributed by atoms with E-state index in [0.29, 0.717) is 11.0 Å². The molecule has 0 fully saturated rings. The van der Waals surface area contributed by atoms with Gasteiger partial charge in [-0.1, -0.05) is 24.3 Å². The van der Waals surface area contributed by atoms with Gasteiger partial charge in [0.25, 0.3) is 0 Å². The molecule has 2 nitrogen and oxygen atoms in total. The predicted molar refractivity (Wildman–Crippen MR) is 55.3 cm³/mol. The Morgan fingerprint density at radius 3 is 2.40 bits per heavy atom. The normalized spacial score (nSPS) is 11.3. The van der Waals surface area contributed by atoms with Gasteiger partial charge in [0.15, 0.2) is 22.7 Å². The average Bonchev–Trinajstić information content (AvgIpc) is 2.60. The van der Waals surface area contributed by atoms with Crippen LogP contribution >= 0.6 is 0 Å². The van der Waals surface area contributed by atoms with Crippen molar-refractivity contribution < 1.29 is 13.9 Å². The van der Waals surface area contributed by atoms with Crippen molar-refractivity contribution >= 4 is 21.9 Å². The summed E-state index contributed by atoms with van der Waals surface area (Å²) in [5, 5.41) is 11.0. The minimum atomic E-state index is -0.414. The predicted octanol–water partition coefficient (Wildman–Crippen LogP) is 3.43. The minimum absolute atomic E-state index is 0.0306. The molecule has 0 saturated heterocycles. The van der Waals surface area contributed by atoms with E-state index in [9.17, 15) is 9.50 Å². The molecule has 0 amide bonds. The molecule has 2 aromatic carbocycles. The highest BCUT2D eigenvalue weighted by Crippen LogP contribution is 2.34. The number of furan rings is 1. The van der Waals surface area contributed by atoms with E-state index in [1.807, 2.05) is 0 Å². The van der Waals surface area contributed by atoms with E-state index in [-0.39, 0.29) is 11.3 Å². The maximum atomic E-state index is 13.4. The summed E-state index contributed by atoms with van der Waals surface area (Å²) < 4.78 is 18.7. The molecule has 3 aromatic rings. The molecule has 1 heterocycles. The van der Waals surface area contributed by atoms with Gasteiger partial charge in [0.2, 0.25) is 0 Å². The van der Waals surface area contributed by atoms with Gasteiger partial charge in [-0.2, -0.15) is 0 Å². The summed E-state index contributed by atoms with van der Waals surface area (Å²) in [6.07, 6.45) is 0. The minimum Gasteiger partial charge on any atom is -0.504 e. The number of phenols is 1. The fourth-order valence-electron chi connectivity index (χ4n) is 1.77. The molecule has 0 aliphatic rings. The highest BCUT2D eigenvalue weighted by atomic mass is 19.1. The quantitative estimate of drug-likeness (QED) is 0.605. The number of phenolic OH excluding ortho intramolecular Hbond substituents is 1. The number of para-hydroxylation sites is 2. The molecule has 3 heteroatoms. The van der Waals surface area contributed by atoms with Crippen molar-refractivity contribution in [3.8, 4) is 5.75 Å². The fraction of sp³-hybridized carbons (Fsp3) is 0. The monoisotopic (exact) mass is 202 g/mol. The van der Waals surface area contributed by atoms with Crippen LogP contribution in [0.15, 0.2) is 40.8 Å². The Hall–Kier alpha value is -2.03. The summed E-state index contributed by atoms with van der Waals surface area (Å²) in [6, 6.07) is 9.74. The third-order valence-electron chi connectivity index (χ3n) is 2.46. The average molecular weight is 202 g/mol. The molecule has 0 atom stereocenters. The number of hydrogen-bond acceptors (Lipinski definition) is 2. The molecule has 0 radical (unpaired) electrons. The standard InChI is InChI=1S/C12H7FO2/c13-9-5-1-3-7-8-4-2-6-10(14)12(8)15-11(7)9/h1-6,14H. The maximum Gasteiger partial charge on any atom is 0.177 e. The molecule has 3 rings (SSSR count). The van der Waals surface area contributed by atoms with Crippen molar-refractivity contribution in [3.63, 3.8) is 0 Å². The number of rotatable bonds is 0. The van der Waals surface area contributed by atoms with Gasteiger partial charge >= 0.3 is 0 Å². The summed E-state index contributed by atoms with van der Waals surface area (Å²) >= 11 is 0. The van der Waals surface area contributed by atoms with Crippen LogP contribution in [-0.4, -0.2) is 5.11 Å². The van der Waals surface area contributed by atoms with Crippen molar-refractivity contribution in [2.45, 2.75) is 0 Å². The van der Waals surface area contributed by atoms with Crippen LogP contribution in [0.3, 0.4) is 0 Å². The Kier molecular flexibility index (Phi) is 1.51. The lowest BCUT2D eigenvalue weighted by Crippen LogP contribution is -1.71. The van der Waals surface area contributed by atoms with Crippen molar-refractivity contribution in [2.24, 2.45) is 0 Å². The topological polar surface area (TPSA) is 33.4 Å². The Morgan fingerprint density at radius 1 is 0.933 bits per heavy atom. The molecule has 0 bridgehead atoms. The molecule has 0 saturated carbocycles.